The number of benzene rings is 2. The van der Waals surface area contributed by atoms with Gasteiger partial charge < -0.3 is 61.9 Å². The molecule has 1 fully saturated rings. The third-order valence-electron chi connectivity index (χ3n) is 17.9. The number of nitrogens with zero attached hydrogens (tertiary/aromatic N) is 5. The van der Waals surface area contributed by atoms with E-state index in [1.165, 1.54) is 45.6 Å². The first kappa shape index (κ1) is 78.6. The fourth-order valence-corrected chi connectivity index (χ4v) is 12.2. The van der Waals surface area contributed by atoms with Crippen molar-refractivity contribution >= 4 is 71.0 Å². The van der Waals surface area contributed by atoms with Gasteiger partial charge in [0.2, 0.25) is 35.4 Å². The van der Waals surface area contributed by atoms with E-state index in [4.69, 9.17) is 25.7 Å². The minimum absolute atomic E-state index is 0.00747. The number of rotatable bonds is 37. The lowest BCUT2D eigenvalue weighted by Crippen LogP contribution is -2.60. The van der Waals surface area contributed by atoms with Crippen LogP contribution in [0.4, 0.5) is 15.3 Å². The SMILES string of the molecule is CC[C@H](C)[C@@H]([C@@H](CC(=O)N1CCC[C@H]1[C@H](OC)[C@@H](C)C(=O)N[C@H](C)[C@@H](O)c1ccccc1)OC)N(C)C(=O)[C@@H](NC(=O)[C@H](C(C)C)N(C)C(=O)OCc1ccc(NC(=O)[C@H](CCCN)N(C(N)=O)C(=O)[C@@H](NC(=O)CCCCCN2C(=O)C=CC2=O)C(C)C)cc1)C(C)C. The highest BCUT2D eigenvalue weighted by Crippen LogP contribution is 2.31. The number of urea groups is 1. The lowest BCUT2D eigenvalue weighted by molar-refractivity contribution is -0.148. The van der Waals surface area contributed by atoms with Crippen LogP contribution in [0.3, 0.4) is 0 Å². The molecule has 522 valence electrons. The van der Waals surface area contributed by atoms with Gasteiger partial charge >= 0.3 is 12.1 Å². The highest BCUT2D eigenvalue weighted by molar-refractivity contribution is 6.13. The molecule has 0 aliphatic carbocycles. The normalized spacial score (nSPS) is 17.5. The van der Waals surface area contributed by atoms with Gasteiger partial charge in [0.05, 0.1) is 48.8 Å². The molecule has 0 saturated carbocycles. The summed E-state index contributed by atoms with van der Waals surface area (Å²) < 4.78 is 17.7. The quantitative estimate of drug-likeness (QED) is 0.0339. The molecule has 2 aliphatic rings. The van der Waals surface area contributed by atoms with Crippen molar-refractivity contribution in [2.24, 2.45) is 41.1 Å². The van der Waals surface area contributed by atoms with E-state index in [2.05, 4.69) is 21.3 Å². The number of aliphatic hydroxyl groups excluding tert-OH is 1. The van der Waals surface area contributed by atoms with E-state index in [1.807, 2.05) is 32.0 Å². The van der Waals surface area contributed by atoms with Crippen LogP contribution < -0.4 is 32.7 Å². The molecule has 1 saturated heterocycles. The van der Waals surface area contributed by atoms with E-state index in [0.29, 0.717) is 61.1 Å². The topological polar surface area (TPSA) is 352 Å². The fraction of sp³-hybridized carbons (Fsp3) is 0.632. The summed E-state index contributed by atoms with van der Waals surface area (Å²) >= 11 is 0. The number of anilines is 1. The standard InChI is InChI=1S/C68H105N11O15/c1-15-43(8)59(51(92-13)38-55(83)77-37-23-27-49(77)61(93-14)44(9)62(85)71-45(10)60(84)47-24-18-16-19-25-47)75(11)65(88)56(40(2)3)74-64(87)58(42(6)7)76(12)68(91)94-39-46-29-31-48(32-30-46)72-63(86)50(26-22-35-69)79(67(70)90)66(89)57(41(4)5)73-52(80)28-20-17-21-36-78-53(81)33-34-54(78)82/h16,18-19,24-25,29-34,40-45,49-51,56-61,84H,15,17,20-23,26-28,35-39,69H2,1-14H3,(H2,70,90)(H,71,85)(H,72,86)(H,73,80)(H,74,87)/t43-,44+,45+,49-,50-,51+,56-,57-,58-,59-,60+,61+/m0/s1. The Labute approximate surface area is 554 Å². The summed E-state index contributed by atoms with van der Waals surface area (Å²) in [5.74, 6) is -6.84. The number of hydrogen-bond donors (Lipinski definition) is 7. The molecule has 4 rings (SSSR count). The van der Waals surface area contributed by atoms with Crippen molar-refractivity contribution in [2.75, 3.05) is 53.3 Å². The van der Waals surface area contributed by atoms with Crippen LogP contribution in [-0.2, 0) is 64.0 Å². The first-order valence-electron chi connectivity index (χ1n) is 32.9. The largest absolute Gasteiger partial charge is 0.445 e. The Bertz CT molecular complexity index is 2890. The van der Waals surface area contributed by atoms with Crippen molar-refractivity contribution < 1.29 is 72.1 Å². The second kappa shape index (κ2) is 37.9. The van der Waals surface area contributed by atoms with Gasteiger partial charge in [-0.3, -0.25) is 57.9 Å². The molecule has 9 N–H and O–H groups in total. The van der Waals surface area contributed by atoms with E-state index in [1.54, 1.807) is 96.5 Å². The average molecular weight is 1320 g/mol. The summed E-state index contributed by atoms with van der Waals surface area (Å²) in [5.41, 5.74) is 13.0. The van der Waals surface area contributed by atoms with E-state index < -0.39 is 138 Å². The number of amides is 12. The van der Waals surface area contributed by atoms with Crippen molar-refractivity contribution in [3.63, 3.8) is 0 Å². The van der Waals surface area contributed by atoms with Crippen molar-refractivity contribution in [3.8, 4) is 0 Å². The summed E-state index contributed by atoms with van der Waals surface area (Å²) in [5, 5.41) is 22.2. The van der Waals surface area contributed by atoms with Crippen LogP contribution >= 0.6 is 0 Å². The van der Waals surface area contributed by atoms with Crippen molar-refractivity contribution in [1.82, 2.24) is 40.4 Å². The van der Waals surface area contributed by atoms with Crippen LogP contribution in [0, 0.1) is 29.6 Å². The predicted molar refractivity (Wildman–Crippen MR) is 353 cm³/mol. The Balaban J connectivity index is 1.39. The zero-order valence-electron chi connectivity index (χ0n) is 57.5. The molecule has 0 radical (unpaired) electrons. The lowest BCUT2D eigenvalue weighted by Gasteiger charge is -2.41. The molecule has 0 bridgehead atoms. The van der Waals surface area contributed by atoms with Crippen LogP contribution in [0.2, 0.25) is 0 Å². The third kappa shape index (κ3) is 21.6. The number of methoxy groups -OCH3 is 2. The molecule has 12 amide bonds. The fourth-order valence-electron chi connectivity index (χ4n) is 12.2. The monoisotopic (exact) mass is 1320 g/mol. The van der Waals surface area contributed by atoms with Crippen molar-refractivity contribution in [3.05, 3.63) is 77.9 Å². The second-order valence-corrected chi connectivity index (χ2v) is 25.8. The summed E-state index contributed by atoms with van der Waals surface area (Å²) in [6.07, 6.45) is 2.47. The van der Waals surface area contributed by atoms with E-state index in [-0.39, 0.29) is 68.8 Å². The number of unbranched alkanes of at least 4 members (excludes halogenated alkanes) is 2. The zero-order valence-corrected chi connectivity index (χ0v) is 57.5. The Kier molecular flexibility index (Phi) is 31.7. The number of likely N-dealkylation sites (N-methyl/N-ethyl adjacent to an activating group) is 2. The predicted octanol–water partition coefficient (Wildman–Crippen LogP) is 5.16. The summed E-state index contributed by atoms with van der Waals surface area (Å²) in [4.78, 5) is 155. The molecule has 0 aromatic heterocycles. The van der Waals surface area contributed by atoms with Crippen LogP contribution in [-0.4, -0.2) is 197 Å². The minimum atomic E-state index is -1.43. The highest BCUT2D eigenvalue weighted by Gasteiger charge is 2.45. The molecule has 2 heterocycles. The summed E-state index contributed by atoms with van der Waals surface area (Å²) in [6.45, 7) is 18.3. The smallest absolute Gasteiger partial charge is 0.410 e. The Morgan fingerprint density at radius 2 is 1.34 bits per heavy atom. The molecule has 12 atom stereocenters. The van der Waals surface area contributed by atoms with Crippen molar-refractivity contribution in [2.45, 2.75) is 201 Å². The average Bonchev–Trinajstić information content (AvgIpc) is 1.19. The van der Waals surface area contributed by atoms with Crippen molar-refractivity contribution in [1.29, 1.82) is 0 Å². The maximum atomic E-state index is 14.8. The van der Waals surface area contributed by atoms with Gasteiger partial charge in [-0.05, 0) is 98.9 Å². The number of carbonyl (C=O) groups is 11. The van der Waals surface area contributed by atoms with E-state index >= 15 is 0 Å². The van der Waals surface area contributed by atoms with Gasteiger partial charge in [0.1, 0.15) is 30.8 Å². The number of ether oxygens (including phenoxy) is 3. The van der Waals surface area contributed by atoms with Gasteiger partial charge in [-0.25, -0.2) is 9.59 Å². The van der Waals surface area contributed by atoms with E-state index in [9.17, 15) is 57.8 Å². The molecular formula is C68H105N11O15. The second-order valence-electron chi connectivity index (χ2n) is 25.8. The summed E-state index contributed by atoms with van der Waals surface area (Å²) in [6, 6.07) is 7.50. The van der Waals surface area contributed by atoms with Crippen LogP contribution in [0.25, 0.3) is 0 Å². The minimum Gasteiger partial charge on any atom is -0.445 e. The Hall–Kier alpha value is -7.81. The number of carbonyl (C=O) groups excluding carboxylic acids is 11. The number of primary amides is 1. The van der Waals surface area contributed by atoms with Crippen LogP contribution in [0.5, 0.6) is 0 Å². The molecule has 94 heavy (non-hydrogen) atoms. The number of nitrogens with one attached hydrogen (secondary N) is 4. The van der Waals surface area contributed by atoms with Gasteiger partial charge in [0.15, 0.2) is 0 Å². The first-order chi connectivity index (χ1) is 44.4. The molecule has 2 aromatic carbocycles. The Morgan fingerprint density at radius 3 is 1.89 bits per heavy atom. The van der Waals surface area contributed by atoms with E-state index in [0.717, 1.165) is 9.80 Å². The maximum Gasteiger partial charge on any atom is 0.410 e. The molecule has 2 aromatic rings. The third-order valence-corrected chi connectivity index (χ3v) is 17.9. The van der Waals surface area contributed by atoms with Gasteiger partial charge in [-0.15, -0.1) is 0 Å². The molecular weight excluding hydrogens is 1210 g/mol. The van der Waals surface area contributed by atoms with Gasteiger partial charge in [-0.1, -0.05) is 118 Å². The number of likely N-dealkylation sites (tertiary alicyclic amines) is 1. The Morgan fingerprint density at radius 1 is 0.723 bits per heavy atom. The molecule has 26 nitrogen and oxygen atoms in total. The first-order valence-corrected chi connectivity index (χ1v) is 32.9. The lowest BCUT2D eigenvalue weighted by atomic mass is 9.89. The molecule has 0 unspecified atom stereocenters. The molecule has 2 aliphatic heterocycles. The van der Waals surface area contributed by atoms with Gasteiger partial charge in [0.25, 0.3) is 17.7 Å². The highest BCUT2D eigenvalue weighted by atomic mass is 16.6. The molecule has 0 spiro atoms. The van der Waals surface area contributed by atoms with Crippen LogP contribution in [0.1, 0.15) is 151 Å². The molecule has 26 heteroatoms. The number of imide groups is 2. The van der Waals surface area contributed by atoms with Crippen LogP contribution in [0.15, 0.2) is 66.7 Å². The van der Waals surface area contributed by atoms with Gasteiger partial charge in [-0.2, -0.15) is 0 Å². The van der Waals surface area contributed by atoms with Gasteiger partial charge in [0, 0.05) is 65.7 Å². The number of aliphatic hydroxyl groups is 1. The number of nitrogens with two attached hydrogens (primary N) is 2. The summed E-state index contributed by atoms with van der Waals surface area (Å²) in [7, 11) is 6.05. The maximum absolute atomic E-state index is 14.8. The zero-order chi connectivity index (χ0) is 70.3. The number of hydrogen-bond acceptors (Lipinski definition) is 16.